The van der Waals surface area contributed by atoms with E-state index in [1.165, 1.54) is 25.7 Å². The van der Waals surface area contributed by atoms with Crippen LogP contribution in [-0.4, -0.2) is 43.0 Å². The number of ether oxygens (including phenoxy) is 2. The van der Waals surface area contributed by atoms with Crippen LogP contribution in [0.1, 0.15) is 46.0 Å². The maximum atomic E-state index is 5.60. The molecule has 0 aromatic heterocycles. The highest BCUT2D eigenvalue weighted by Crippen LogP contribution is 2.35. The molecule has 4 heteroatoms. The van der Waals surface area contributed by atoms with Crippen LogP contribution in [0.5, 0.6) is 0 Å². The summed E-state index contributed by atoms with van der Waals surface area (Å²) >= 11 is 0. The molecule has 1 unspecified atom stereocenters. The van der Waals surface area contributed by atoms with Crippen molar-refractivity contribution in [1.29, 1.82) is 0 Å². The van der Waals surface area contributed by atoms with E-state index in [9.17, 15) is 0 Å². The van der Waals surface area contributed by atoms with E-state index in [2.05, 4.69) is 13.8 Å². The lowest BCUT2D eigenvalue weighted by Crippen LogP contribution is -2.22. The maximum Gasteiger partial charge on any atom is 0.145 e. The van der Waals surface area contributed by atoms with E-state index in [4.69, 9.17) is 13.9 Å². The van der Waals surface area contributed by atoms with E-state index in [-0.39, 0.29) is 0 Å². The van der Waals surface area contributed by atoms with E-state index in [0.717, 1.165) is 43.3 Å². The quantitative estimate of drug-likeness (QED) is 0.322. The van der Waals surface area contributed by atoms with Crippen molar-refractivity contribution in [2.75, 3.05) is 26.4 Å². The average molecular weight is 260 g/mol. The normalized spacial score (nSPS) is 19.8. The second-order valence-electron chi connectivity index (χ2n) is 5.08. The molecule has 0 saturated carbocycles. The number of hydrogen-bond acceptors (Lipinski definition) is 3. The van der Waals surface area contributed by atoms with E-state index >= 15 is 0 Å². The van der Waals surface area contributed by atoms with Crippen molar-refractivity contribution in [3.8, 4) is 0 Å². The highest BCUT2D eigenvalue weighted by molar-refractivity contribution is 5.97. The first-order valence-electron chi connectivity index (χ1n) is 6.94. The maximum absolute atomic E-state index is 5.60. The van der Waals surface area contributed by atoms with Gasteiger partial charge in [0.2, 0.25) is 0 Å². The van der Waals surface area contributed by atoms with Crippen molar-refractivity contribution in [3.05, 3.63) is 0 Å². The molecule has 0 amide bonds. The topological polar surface area (TPSA) is 31.0 Å². The molecule has 0 aromatic carbocycles. The van der Waals surface area contributed by atoms with Gasteiger partial charge in [0, 0.05) is 13.2 Å². The molecule has 0 aliphatic carbocycles. The van der Waals surface area contributed by atoms with Gasteiger partial charge in [0.25, 0.3) is 0 Å². The number of rotatable bonds is 11. The van der Waals surface area contributed by atoms with Crippen molar-refractivity contribution in [3.63, 3.8) is 0 Å². The van der Waals surface area contributed by atoms with E-state index < -0.39 is 0 Å². The predicted molar refractivity (Wildman–Crippen MR) is 73.3 cm³/mol. The summed E-state index contributed by atoms with van der Waals surface area (Å²) in [5.41, 5.74) is 0.476. The third-order valence-corrected chi connectivity index (χ3v) is 4.45. The highest BCUT2D eigenvalue weighted by atomic mass is 28.2. The molecule has 1 aliphatic heterocycles. The van der Waals surface area contributed by atoms with Crippen LogP contribution in [0.25, 0.3) is 0 Å². The molecule has 1 heterocycles. The first kappa shape index (κ1) is 15.2. The van der Waals surface area contributed by atoms with Gasteiger partial charge in [0.15, 0.2) is 0 Å². The first-order valence-corrected chi connectivity index (χ1v) is 7.76. The monoisotopic (exact) mass is 260 g/mol. The zero-order chi connectivity index (χ0) is 12.6. The molecule has 0 aromatic rings. The van der Waals surface area contributed by atoms with Gasteiger partial charge in [-0.1, -0.05) is 26.7 Å². The molecule has 1 fully saturated rings. The van der Waals surface area contributed by atoms with E-state index in [1.807, 2.05) is 0 Å². The molecular formula is C13H28O3Si. The summed E-state index contributed by atoms with van der Waals surface area (Å²) in [5.74, 6) is 0. The first-order chi connectivity index (χ1) is 8.26. The Bertz CT molecular complexity index is 191. The highest BCUT2D eigenvalue weighted by Gasteiger charge is 2.25. The van der Waals surface area contributed by atoms with Crippen LogP contribution in [0.15, 0.2) is 0 Å². The van der Waals surface area contributed by atoms with Gasteiger partial charge >= 0.3 is 0 Å². The summed E-state index contributed by atoms with van der Waals surface area (Å²) in [7, 11) is 0.860. The van der Waals surface area contributed by atoms with Gasteiger partial charge in [0.1, 0.15) is 16.6 Å². The van der Waals surface area contributed by atoms with Crippen LogP contribution >= 0.6 is 0 Å². The summed E-state index contributed by atoms with van der Waals surface area (Å²) in [5, 5.41) is 0. The Morgan fingerprint density at radius 1 is 1.24 bits per heavy atom. The minimum Gasteiger partial charge on any atom is -0.428 e. The molecule has 102 valence electrons. The second kappa shape index (κ2) is 8.24. The fourth-order valence-corrected chi connectivity index (χ4v) is 2.53. The lowest BCUT2D eigenvalue weighted by molar-refractivity contribution is 0.0938. The lowest BCUT2D eigenvalue weighted by Gasteiger charge is -2.31. The van der Waals surface area contributed by atoms with Crippen molar-refractivity contribution in [1.82, 2.24) is 0 Å². The van der Waals surface area contributed by atoms with Crippen LogP contribution in [0.4, 0.5) is 0 Å². The van der Waals surface area contributed by atoms with Crippen molar-refractivity contribution < 1.29 is 13.9 Å². The summed E-state index contributed by atoms with van der Waals surface area (Å²) in [6.07, 6.45) is 6.53. The zero-order valence-electron chi connectivity index (χ0n) is 11.7. The molecule has 0 radical (unpaired) electrons. The summed E-state index contributed by atoms with van der Waals surface area (Å²) in [4.78, 5) is 0. The Labute approximate surface area is 109 Å². The van der Waals surface area contributed by atoms with Crippen LogP contribution in [0, 0.1) is 5.41 Å². The standard InChI is InChI=1S/C13H28O3Si/c1-3-13(4-2,7-9-16-17)6-5-8-14-10-12-11-15-12/h12H,3-11H2,1-2,17H3. The summed E-state index contributed by atoms with van der Waals surface area (Å²) in [6, 6.07) is 0. The molecule has 0 bridgehead atoms. The third-order valence-electron chi connectivity index (χ3n) is 4.04. The Balaban J connectivity index is 2.12. The van der Waals surface area contributed by atoms with Crippen molar-refractivity contribution in [2.24, 2.45) is 5.41 Å². The molecule has 3 nitrogen and oxygen atoms in total. The second-order valence-corrected chi connectivity index (χ2v) is 5.66. The van der Waals surface area contributed by atoms with Crippen molar-refractivity contribution in [2.45, 2.75) is 52.1 Å². The van der Waals surface area contributed by atoms with Gasteiger partial charge in [-0.3, -0.25) is 0 Å². The van der Waals surface area contributed by atoms with Gasteiger partial charge in [-0.15, -0.1) is 0 Å². The Hall–Kier alpha value is 0.0969. The van der Waals surface area contributed by atoms with Gasteiger partial charge in [0.05, 0.1) is 13.2 Å². The third kappa shape index (κ3) is 6.00. The SMILES string of the molecule is CCC(CC)(CCCOCC1CO1)CCO[SiH3]. The van der Waals surface area contributed by atoms with Gasteiger partial charge in [-0.25, -0.2) is 0 Å². The average Bonchev–Trinajstić information content (AvgIpc) is 3.17. The molecule has 17 heavy (non-hydrogen) atoms. The van der Waals surface area contributed by atoms with Crippen LogP contribution in [0.2, 0.25) is 0 Å². The molecule has 1 saturated heterocycles. The lowest BCUT2D eigenvalue weighted by atomic mass is 9.76. The van der Waals surface area contributed by atoms with Crippen LogP contribution in [-0.2, 0) is 13.9 Å². The largest absolute Gasteiger partial charge is 0.428 e. The summed E-state index contributed by atoms with van der Waals surface area (Å²) in [6.45, 7) is 8.10. The molecular weight excluding hydrogens is 232 g/mol. The molecule has 0 spiro atoms. The minimum atomic E-state index is 0.399. The van der Waals surface area contributed by atoms with E-state index in [1.54, 1.807) is 0 Å². The van der Waals surface area contributed by atoms with E-state index in [0.29, 0.717) is 11.5 Å². The molecule has 0 N–H and O–H groups in total. The molecule has 1 rings (SSSR count). The Morgan fingerprint density at radius 3 is 2.47 bits per heavy atom. The summed E-state index contributed by atoms with van der Waals surface area (Å²) < 4.78 is 16.1. The smallest absolute Gasteiger partial charge is 0.145 e. The number of epoxide rings is 1. The number of hydrogen-bond donors (Lipinski definition) is 0. The Kier molecular flexibility index (Phi) is 7.35. The minimum absolute atomic E-state index is 0.399. The van der Waals surface area contributed by atoms with Crippen LogP contribution < -0.4 is 0 Å². The van der Waals surface area contributed by atoms with Gasteiger partial charge in [-0.05, 0) is 24.7 Å². The fraction of sp³-hybridized carbons (Fsp3) is 1.00. The predicted octanol–water partition coefficient (Wildman–Crippen LogP) is 1.68. The Morgan fingerprint density at radius 2 is 1.94 bits per heavy atom. The molecule has 1 atom stereocenters. The van der Waals surface area contributed by atoms with Crippen LogP contribution in [0.3, 0.4) is 0 Å². The zero-order valence-corrected chi connectivity index (χ0v) is 13.7. The van der Waals surface area contributed by atoms with Gasteiger partial charge in [-0.2, -0.15) is 0 Å². The molecule has 1 aliphatic rings. The van der Waals surface area contributed by atoms with Crippen molar-refractivity contribution >= 4 is 10.5 Å². The fourth-order valence-electron chi connectivity index (χ4n) is 2.33. The van der Waals surface area contributed by atoms with Gasteiger partial charge < -0.3 is 13.9 Å².